The molecule has 0 unspecified atom stereocenters. The van der Waals surface area contributed by atoms with Crippen LogP contribution in [0.3, 0.4) is 0 Å². The first-order valence-corrected chi connectivity index (χ1v) is 7.18. The molecule has 0 atom stereocenters. The van der Waals surface area contributed by atoms with E-state index in [1.807, 2.05) is 24.3 Å². The van der Waals surface area contributed by atoms with Gasteiger partial charge < -0.3 is 10.6 Å². The standard InChI is InChI=1S/C13H12BrClN4/c14-8-1-3-9(4-2-8)17-13-18-11-7-16-6-5-10(11)12(15)19-13/h1-4,16H,5-7H2,(H,17,18,19). The van der Waals surface area contributed by atoms with Gasteiger partial charge in [-0.05, 0) is 37.2 Å². The van der Waals surface area contributed by atoms with Gasteiger partial charge in [-0.2, -0.15) is 0 Å². The molecule has 0 radical (unpaired) electrons. The van der Waals surface area contributed by atoms with Crippen LogP contribution in [0.2, 0.25) is 5.15 Å². The summed E-state index contributed by atoms with van der Waals surface area (Å²) in [7, 11) is 0. The first-order valence-electron chi connectivity index (χ1n) is 6.01. The molecule has 2 N–H and O–H groups in total. The predicted octanol–water partition coefficient (Wildman–Crippen LogP) is 3.28. The number of benzene rings is 1. The maximum atomic E-state index is 6.21. The number of aromatic nitrogens is 2. The van der Waals surface area contributed by atoms with Gasteiger partial charge >= 0.3 is 0 Å². The third-order valence-corrected chi connectivity index (χ3v) is 3.83. The Balaban J connectivity index is 1.89. The molecule has 2 aromatic rings. The van der Waals surface area contributed by atoms with Gasteiger partial charge in [-0.1, -0.05) is 27.5 Å². The molecule has 1 aliphatic rings. The van der Waals surface area contributed by atoms with Crippen molar-refractivity contribution in [2.24, 2.45) is 0 Å². The Kier molecular flexibility index (Phi) is 3.68. The molecule has 0 amide bonds. The van der Waals surface area contributed by atoms with Gasteiger partial charge in [0, 0.05) is 22.3 Å². The van der Waals surface area contributed by atoms with Crippen molar-refractivity contribution in [3.8, 4) is 0 Å². The van der Waals surface area contributed by atoms with E-state index in [4.69, 9.17) is 11.6 Å². The summed E-state index contributed by atoms with van der Waals surface area (Å²) in [5.74, 6) is 0.537. The number of nitrogens with one attached hydrogen (secondary N) is 2. The molecule has 1 aromatic heterocycles. The normalized spacial score (nSPS) is 14.0. The Morgan fingerprint density at radius 1 is 1.21 bits per heavy atom. The predicted molar refractivity (Wildman–Crippen MR) is 79.9 cm³/mol. The highest BCUT2D eigenvalue weighted by Gasteiger charge is 2.16. The van der Waals surface area contributed by atoms with Crippen LogP contribution in [-0.2, 0) is 13.0 Å². The molecule has 2 heterocycles. The van der Waals surface area contributed by atoms with Crippen LogP contribution in [0.1, 0.15) is 11.3 Å². The highest BCUT2D eigenvalue weighted by molar-refractivity contribution is 9.10. The molecule has 0 bridgehead atoms. The Labute approximate surface area is 124 Å². The van der Waals surface area contributed by atoms with Gasteiger partial charge in [-0.15, -0.1) is 0 Å². The summed E-state index contributed by atoms with van der Waals surface area (Å²) in [6.45, 7) is 1.67. The highest BCUT2D eigenvalue weighted by atomic mass is 79.9. The molecular weight excluding hydrogens is 328 g/mol. The van der Waals surface area contributed by atoms with Gasteiger partial charge in [0.25, 0.3) is 0 Å². The van der Waals surface area contributed by atoms with Gasteiger partial charge in [0.05, 0.1) is 5.69 Å². The molecule has 0 aliphatic carbocycles. The van der Waals surface area contributed by atoms with E-state index in [-0.39, 0.29) is 0 Å². The van der Waals surface area contributed by atoms with Crippen molar-refractivity contribution in [2.75, 3.05) is 11.9 Å². The lowest BCUT2D eigenvalue weighted by atomic mass is 10.1. The Hall–Kier alpha value is -1.17. The number of halogens is 2. The van der Waals surface area contributed by atoms with E-state index in [1.165, 1.54) is 0 Å². The number of anilines is 2. The van der Waals surface area contributed by atoms with Crippen molar-refractivity contribution in [1.82, 2.24) is 15.3 Å². The Morgan fingerprint density at radius 3 is 2.79 bits per heavy atom. The van der Waals surface area contributed by atoms with Crippen LogP contribution in [0, 0.1) is 0 Å². The first-order chi connectivity index (χ1) is 9.22. The van der Waals surface area contributed by atoms with Crippen molar-refractivity contribution in [3.63, 3.8) is 0 Å². The van der Waals surface area contributed by atoms with Crippen LogP contribution in [0.25, 0.3) is 0 Å². The molecule has 0 saturated carbocycles. The fourth-order valence-electron chi connectivity index (χ4n) is 2.03. The highest BCUT2D eigenvalue weighted by Crippen LogP contribution is 2.23. The van der Waals surface area contributed by atoms with E-state index < -0.39 is 0 Å². The molecule has 19 heavy (non-hydrogen) atoms. The smallest absolute Gasteiger partial charge is 0.228 e. The zero-order valence-corrected chi connectivity index (χ0v) is 12.4. The van der Waals surface area contributed by atoms with Gasteiger partial charge in [0.1, 0.15) is 5.15 Å². The summed E-state index contributed by atoms with van der Waals surface area (Å²) in [5.41, 5.74) is 2.97. The zero-order valence-electron chi connectivity index (χ0n) is 10.1. The number of hydrogen-bond donors (Lipinski definition) is 2. The van der Waals surface area contributed by atoms with E-state index in [0.29, 0.717) is 11.1 Å². The topological polar surface area (TPSA) is 49.8 Å². The molecule has 0 saturated heterocycles. The second kappa shape index (κ2) is 5.45. The van der Waals surface area contributed by atoms with Crippen LogP contribution < -0.4 is 10.6 Å². The van der Waals surface area contributed by atoms with Crippen LogP contribution in [0.15, 0.2) is 28.7 Å². The van der Waals surface area contributed by atoms with Crippen molar-refractivity contribution < 1.29 is 0 Å². The Morgan fingerprint density at radius 2 is 2.00 bits per heavy atom. The summed E-state index contributed by atoms with van der Waals surface area (Å²) in [6, 6.07) is 7.84. The maximum Gasteiger partial charge on any atom is 0.228 e. The van der Waals surface area contributed by atoms with Gasteiger partial charge in [-0.3, -0.25) is 0 Å². The fourth-order valence-corrected chi connectivity index (χ4v) is 2.58. The van der Waals surface area contributed by atoms with Crippen molar-refractivity contribution in [1.29, 1.82) is 0 Å². The molecule has 1 aromatic carbocycles. The van der Waals surface area contributed by atoms with Gasteiger partial charge in [0.2, 0.25) is 5.95 Å². The van der Waals surface area contributed by atoms with E-state index in [2.05, 4.69) is 36.5 Å². The molecular formula is C13H12BrClN4. The number of fused-ring (bicyclic) bond motifs is 1. The minimum Gasteiger partial charge on any atom is -0.324 e. The SMILES string of the molecule is Clc1nc(Nc2ccc(Br)cc2)nc2c1CCNC2. The molecule has 1 aliphatic heterocycles. The second-order valence-electron chi connectivity index (χ2n) is 4.32. The molecule has 4 nitrogen and oxygen atoms in total. The third kappa shape index (κ3) is 2.88. The average molecular weight is 340 g/mol. The van der Waals surface area contributed by atoms with Crippen molar-refractivity contribution >= 4 is 39.2 Å². The lowest BCUT2D eigenvalue weighted by Crippen LogP contribution is -2.25. The number of rotatable bonds is 2. The molecule has 3 rings (SSSR count). The van der Waals surface area contributed by atoms with E-state index >= 15 is 0 Å². The van der Waals surface area contributed by atoms with Crippen LogP contribution >= 0.6 is 27.5 Å². The summed E-state index contributed by atoms with van der Waals surface area (Å²) in [4.78, 5) is 8.82. The van der Waals surface area contributed by atoms with E-state index in [1.54, 1.807) is 0 Å². The molecule has 6 heteroatoms. The molecule has 98 valence electrons. The fraction of sp³-hybridized carbons (Fsp3) is 0.231. The summed E-state index contributed by atoms with van der Waals surface area (Å²) < 4.78 is 1.03. The van der Waals surface area contributed by atoms with Gasteiger partial charge in [-0.25, -0.2) is 9.97 Å². The minimum atomic E-state index is 0.537. The third-order valence-electron chi connectivity index (χ3n) is 2.99. The quantitative estimate of drug-likeness (QED) is 0.825. The van der Waals surface area contributed by atoms with Crippen LogP contribution in [0.5, 0.6) is 0 Å². The van der Waals surface area contributed by atoms with E-state index in [0.717, 1.165) is 40.9 Å². The lowest BCUT2D eigenvalue weighted by Gasteiger charge is -2.18. The monoisotopic (exact) mass is 338 g/mol. The molecule has 0 fully saturated rings. The minimum absolute atomic E-state index is 0.537. The lowest BCUT2D eigenvalue weighted by molar-refractivity contribution is 0.624. The van der Waals surface area contributed by atoms with Gasteiger partial charge in [0.15, 0.2) is 0 Å². The average Bonchev–Trinajstić information content (AvgIpc) is 2.42. The number of hydrogen-bond acceptors (Lipinski definition) is 4. The Bertz CT molecular complexity index is 600. The summed E-state index contributed by atoms with van der Waals surface area (Å²) in [5, 5.41) is 7.00. The van der Waals surface area contributed by atoms with E-state index in [9.17, 15) is 0 Å². The summed E-state index contributed by atoms with van der Waals surface area (Å²) in [6.07, 6.45) is 0.882. The van der Waals surface area contributed by atoms with Crippen LogP contribution in [-0.4, -0.2) is 16.5 Å². The summed E-state index contributed by atoms with van der Waals surface area (Å²) >= 11 is 9.62. The largest absolute Gasteiger partial charge is 0.324 e. The zero-order chi connectivity index (χ0) is 13.2. The van der Waals surface area contributed by atoms with Crippen molar-refractivity contribution in [2.45, 2.75) is 13.0 Å². The first kappa shape index (κ1) is 12.8. The van der Waals surface area contributed by atoms with Crippen molar-refractivity contribution in [3.05, 3.63) is 45.1 Å². The second-order valence-corrected chi connectivity index (χ2v) is 5.60. The molecule has 0 spiro atoms. The maximum absolute atomic E-state index is 6.21. The number of nitrogens with zero attached hydrogens (tertiary/aromatic N) is 2. The van der Waals surface area contributed by atoms with Crippen LogP contribution in [0.4, 0.5) is 11.6 Å².